The monoisotopic (exact) mass is 447 g/mol. The van der Waals surface area contributed by atoms with Crippen LogP contribution in [0.4, 0.5) is 20.6 Å². The van der Waals surface area contributed by atoms with Crippen LogP contribution >= 0.6 is 11.8 Å². The van der Waals surface area contributed by atoms with Crippen LogP contribution in [0.25, 0.3) is 6.08 Å². The summed E-state index contributed by atoms with van der Waals surface area (Å²) in [7, 11) is 0. The molecule has 3 N–H and O–H groups in total. The van der Waals surface area contributed by atoms with Gasteiger partial charge in [-0.1, -0.05) is 12.1 Å². The molecule has 4 rings (SSSR count). The first-order chi connectivity index (χ1) is 14.8. The molecule has 160 valence electrons. The van der Waals surface area contributed by atoms with Crippen molar-refractivity contribution >= 4 is 46.3 Å². The van der Waals surface area contributed by atoms with Crippen LogP contribution in [-0.4, -0.2) is 40.5 Å². The molecule has 2 aliphatic rings. The number of carbonyl (C=O) groups is 3. The van der Waals surface area contributed by atoms with Crippen molar-refractivity contribution in [3.05, 3.63) is 57.9 Å². The van der Waals surface area contributed by atoms with E-state index in [1.54, 1.807) is 0 Å². The maximum atomic E-state index is 13.7. The van der Waals surface area contributed by atoms with Gasteiger partial charge in [0.2, 0.25) is 12.7 Å². The topological polar surface area (TPSA) is 133 Å². The minimum atomic E-state index is -1.26. The predicted molar refractivity (Wildman–Crippen MR) is 106 cm³/mol. The number of rotatable bonds is 5. The molecule has 0 saturated carbocycles. The summed E-state index contributed by atoms with van der Waals surface area (Å²) in [5.74, 6) is -1.63. The Morgan fingerprint density at radius 2 is 2.00 bits per heavy atom. The molecule has 0 radical (unpaired) electrons. The van der Waals surface area contributed by atoms with Gasteiger partial charge < -0.3 is 20.0 Å². The maximum Gasteiger partial charge on any atom is 0.294 e. The number of hydrogen-bond acceptors (Lipinski definition) is 8. The van der Waals surface area contributed by atoms with Gasteiger partial charge in [0.25, 0.3) is 11.1 Å². The van der Waals surface area contributed by atoms with Gasteiger partial charge in [-0.15, -0.1) is 0 Å². The Morgan fingerprint density at radius 1 is 1.29 bits per heavy atom. The number of nitrogens with one attached hydrogen (secondary N) is 2. The second-order valence-electron chi connectivity index (χ2n) is 6.39. The Morgan fingerprint density at radius 3 is 2.71 bits per heavy atom. The van der Waals surface area contributed by atoms with Gasteiger partial charge in [-0.2, -0.15) is 5.23 Å². The van der Waals surface area contributed by atoms with Gasteiger partial charge in [-0.25, -0.2) is 9.60 Å². The number of benzene rings is 2. The number of ether oxygens (including phenoxy) is 2. The van der Waals surface area contributed by atoms with Crippen LogP contribution in [0.3, 0.4) is 0 Å². The second kappa shape index (κ2) is 8.35. The lowest BCUT2D eigenvalue weighted by atomic mass is 10.1. The van der Waals surface area contributed by atoms with E-state index in [4.69, 9.17) is 9.47 Å². The molecule has 1 saturated heterocycles. The van der Waals surface area contributed by atoms with Gasteiger partial charge in [-0.05, 0) is 36.0 Å². The number of halogens is 1. The summed E-state index contributed by atoms with van der Waals surface area (Å²) in [6.45, 7) is -0.686. The van der Waals surface area contributed by atoms with Crippen molar-refractivity contribution in [1.82, 2.24) is 4.90 Å². The molecule has 10 nitrogen and oxygen atoms in total. The zero-order chi connectivity index (χ0) is 22.1. The highest BCUT2D eigenvalue weighted by atomic mass is 32.2. The van der Waals surface area contributed by atoms with Gasteiger partial charge in [0.15, 0.2) is 17.2 Å². The first-order valence-corrected chi connectivity index (χ1v) is 9.62. The molecule has 12 heteroatoms. The van der Waals surface area contributed by atoms with Gasteiger partial charge in [-0.3, -0.25) is 19.3 Å². The van der Waals surface area contributed by atoms with Crippen LogP contribution in [0, 0.1) is 11.0 Å². The lowest BCUT2D eigenvalue weighted by molar-refractivity contribution is -0.991. The number of amides is 3. The number of para-hydroxylation sites is 1. The van der Waals surface area contributed by atoms with Crippen LogP contribution in [0.1, 0.15) is 5.56 Å². The summed E-state index contributed by atoms with van der Waals surface area (Å²) < 4.78 is 24.1. The van der Waals surface area contributed by atoms with Crippen molar-refractivity contribution in [1.29, 1.82) is 0 Å². The summed E-state index contributed by atoms with van der Waals surface area (Å²) >= 11 is 0.561. The molecule has 1 unspecified atom stereocenters. The van der Waals surface area contributed by atoms with Gasteiger partial charge in [0.1, 0.15) is 12.4 Å². The summed E-state index contributed by atoms with van der Waals surface area (Å²) in [4.78, 5) is 37.7. The third-order valence-corrected chi connectivity index (χ3v) is 5.29. The standard InChI is InChI=1S/C19H14FN3O7S/c20-11-3-1-2-4-12(11)21-17(24)8-22-18(25)16(31-19(22)26)6-10-5-14-15(30-9-29-14)7-13(10)23(27)28/h1-7,23,27H,8-9H2,(H,21,24). The highest BCUT2D eigenvalue weighted by Gasteiger charge is 2.37. The predicted octanol–water partition coefficient (Wildman–Crippen LogP) is 1.63. The van der Waals surface area contributed by atoms with Gasteiger partial charge >= 0.3 is 0 Å². The molecule has 1 fully saturated rings. The molecule has 31 heavy (non-hydrogen) atoms. The summed E-state index contributed by atoms with van der Waals surface area (Å²) in [6.07, 6.45) is 1.24. The van der Waals surface area contributed by atoms with Crippen molar-refractivity contribution in [3.63, 3.8) is 0 Å². The minimum Gasteiger partial charge on any atom is -0.595 e. The molecule has 2 heterocycles. The highest BCUT2D eigenvalue weighted by molar-refractivity contribution is 8.18. The molecule has 1 atom stereocenters. The number of anilines is 1. The molecule has 0 spiro atoms. The third kappa shape index (κ3) is 4.22. The molecule has 2 aromatic rings. The number of thioether (sulfide) groups is 1. The Hall–Kier alpha value is -3.45. The number of hydrogen-bond donors (Lipinski definition) is 3. The Kier molecular flexibility index (Phi) is 5.61. The molecule has 0 bridgehead atoms. The SMILES string of the molecule is O=C(CN1C(=O)SC(=Cc2cc3c(cc2[NH+]([O-])O)OCO3)C1=O)Nc1ccccc1F. The first kappa shape index (κ1) is 20.8. The van der Waals surface area contributed by atoms with Crippen LogP contribution in [0.15, 0.2) is 41.3 Å². The van der Waals surface area contributed by atoms with E-state index in [1.165, 1.54) is 36.4 Å². The van der Waals surface area contributed by atoms with E-state index in [9.17, 15) is 29.2 Å². The minimum absolute atomic E-state index is 0.0640. The number of carbonyl (C=O) groups excluding carboxylic acids is 3. The van der Waals surface area contributed by atoms with E-state index >= 15 is 0 Å². The second-order valence-corrected chi connectivity index (χ2v) is 7.39. The largest absolute Gasteiger partial charge is 0.595 e. The Bertz CT molecular complexity index is 1120. The smallest absolute Gasteiger partial charge is 0.294 e. The fraction of sp³-hybridized carbons (Fsp3) is 0.105. The zero-order valence-electron chi connectivity index (χ0n) is 15.6. The summed E-state index contributed by atoms with van der Waals surface area (Å²) in [6, 6.07) is 8.13. The van der Waals surface area contributed by atoms with Gasteiger partial charge in [0, 0.05) is 11.6 Å². The van der Waals surface area contributed by atoms with E-state index in [1.807, 2.05) is 0 Å². The van der Waals surface area contributed by atoms with Crippen LogP contribution in [0.5, 0.6) is 11.5 Å². The molecular weight excluding hydrogens is 433 g/mol. The van der Waals surface area contributed by atoms with Crippen molar-refractivity contribution in [2.75, 3.05) is 18.7 Å². The fourth-order valence-corrected chi connectivity index (χ4v) is 3.76. The number of fused-ring (bicyclic) bond motifs is 1. The molecule has 3 amide bonds. The molecule has 2 aliphatic heterocycles. The van der Waals surface area contributed by atoms with E-state index in [0.717, 1.165) is 6.07 Å². The Balaban J connectivity index is 1.54. The number of nitrogens with zero attached hydrogens (tertiary/aromatic N) is 1. The average molecular weight is 447 g/mol. The maximum absolute atomic E-state index is 13.7. The number of imide groups is 1. The van der Waals surface area contributed by atoms with Crippen LogP contribution in [-0.2, 0) is 9.59 Å². The quantitative estimate of drug-likeness (QED) is 0.465. The Labute approximate surface area is 178 Å². The average Bonchev–Trinajstić information content (AvgIpc) is 3.28. The fourth-order valence-electron chi connectivity index (χ4n) is 2.94. The lowest BCUT2D eigenvalue weighted by Crippen LogP contribution is -2.99. The van der Waals surface area contributed by atoms with Crippen molar-refractivity contribution in [2.24, 2.45) is 0 Å². The first-order valence-electron chi connectivity index (χ1n) is 8.80. The van der Waals surface area contributed by atoms with Crippen molar-refractivity contribution < 1.29 is 38.7 Å². The summed E-state index contributed by atoms with van der Waals surface area (Å²) in [5, 5.41) is 21.3. The molecule has 2 aromatic carbocycles. The molecular formula is C19H14FN3O7S. The summed E-state index contributed by atoms with van der Waals surface area (Å²) in [5.41, 5.74) is -0.0899. The van der Waals surface area contributed by atoms with E-state index in [2.05, 4.69) is 5.32 Å². The molecule has 0 aromatic heterocycles. The zero-order valence-corrected chi connectivity index (χ0v) is 16.4. The van der Waals surface area contributed by atoms with Gasteiger partial charge in [0.05, 0.1) is 10.6 Å². The number of quaternary nitrogens is 1. The highest BCUT2D eigenvalue weighted by Crippen LogP contribution is 2.39. The van der Waals surface area contributed by atoms with E-state index in [0.29, 0.717) is 22.4 Å². The van der Waals surface area contributed by atoms with E-state index in [-0.39, 0.29) is 34.4 Å². The van der Waals surface area contributed by atoms with Crippen molar-refractivity contribution in [2.45, 2.75) is 0 Å². The molecule has 0 aliphatic carbocycles. The van der Waals surface area contributed by atoms with Crippen LogP contribution in [0.2, 0.25) is 0 Å². The third-order valence-electron chi connectivity index (χ3n) is 4.39. The lowest BCUT2D eigenvalue weighted by Gasteiger charge is -2.15. The van der Waals surface area contributed by atoms with Crippen LogP contribution < -0.4 is 20.0 Å². The van der Waals surface area contributed by atoms with E-state index < -0.39 is 34.6 Å². The van der Waals surface area contributed by atoms with Crippen molar-refractivity contribution in [3.8, 4) is 11.5 Å². The normalized spacial score (nSPS) is 17.4.